The van der Waals surface area contributed by atoms with Crippen LogP contribution in [0, 0.1) is 0 Å². The van der Waals surface area contributed by atoms with Crippen molar-refractivity contribution in [1.82, 2.24) is 0 Å². The van der Waals surface area contributed by atoms with E-state index >= 15 is 0 Å². The second-order valence-electron chi connectivity index (χ2n) is 3.31. The first-order chi connectivity index (χ1) is 7.38. The average molecular weight is 226 g/mol. The van der Waals surface area contributed by atoms with Crippen LogP contribution < -0.4 is 5.30 Å². The number of hydrogen-bond donors (Lipinski definition) is 0. The van der Waals surface area contributed by atoms with E-state index in [4.69, 9.17) is 9.47 Å². The molecule has 15 heavy (non-hydrogen) atoms. The Morgan fingerprint density at radius 1 is 0.933 bits per heavy atom. The first kappa shape index (κ1) is 12.6. The molecule has 1 aromatic carbocycles. The largest absolute Gasteiger partial charge is 0.384 e. The van der Waals surface area contributed by atoms with Crippen molar-refractivity contribution in [3.63, 3.8) is 0 Å². The van der Waals surface area contributed by atoms with Crippen molar-refractivity contribution in [3.8, 4) is 0 Å². The molecule has 0 atom stereocenters. The highest BCUT2D eigenvalue weighted by molar-refractivity contribution is 7.65. The molecule has 0 saturated heterocycles. The van der Waals surface area contributed by atoms with Gasteiger partial charge in [-0.2, -0.15) is 0 Å². The van der Waals surface area contributed by atoms with Crippen molar-refractivity contribution in [2.75, 3.05) is 39.8 Å². The van der Waals surface area contributed by atoms with Gasteiger partial charge in [-0.15, -0.1) is 0 Å². The molecule has 3 heteroatoms. The predicted molar refractivity (Wildman–Crippen MR) is 66.5 cm³/mol. The molecule has 1 rings (SSSR count). The lowest BCUT2D eigenvalue weighted by Gasteiger charge is -2.17. The van der Waals surface area contributed by atoms with Crippen molar-refractivity contribution in [1.29, 1.82) is 0 Å². The average Bonchev–Trinajstić information content (AvgIpc) is 2.30. The van der Waals surface area contributed by atoms with Crippen LogP contribution in [0.1, 0.15) is 0 Å². The topological polar surface area (TPSA) is 18.5 Å². The monoisotopic (exact) mass is 226 g/mol. The maximum absolute atomic E-state index is 5.15. The molecule has 0 amide bonds. The van der Waals surface area contributed by atoms with Crippen LogP contribution in [0.5, 0.6) is 0 Å². The maximum Gasteiger partial charge on any atom is 0.0504 e. The smallest absolute Gasteiger partial charge is 0.0504 e. The van der Waals surface area contributed by atoms with Gasteiger partial charge in [0, 0.05) is 14.2 Å². The van der Waals surface area contributed by atoms with Gasteiger partial charge in [-0.05, 0) is 17.6 Å². The molecule has 0 radical (unpaired) electrons. The predicted octanol–water partition coefficient (Wildman–Crippen LogP) is 2.09. The van der Waals surface area contributed by atoms with Crippen molar-refractivity contribution in [3.05, 3.63) is 30.3 Å². The lowest BCUT2D eigenvalue weighted by molar-refractivity contribution is 0.214. The maximum atomic E-state index is 5.15. The van der Waals surface area contributed by atoms with E-state index in [1.807, 2.05) is 0 Å². The molecule has 0 aliphatic carbocycles. The van der Waals surface area contributed by atoms with Crippen molar-refractivity contribution in [2.45, 2.75) is 0 Å². The highest BCUT2D eigenvalue weighted by Gasteiger charge is 2.09. The van der Waals surface area contributed by atoms with Gasteiger partial charge in [0.25, 0.3) is 0 Å². The summed E-state index contributed by atoms with van der Waals surface area (Å²) in [6.45, 7) is 1.68. The van der Waals surface area contributed by atoms with E-state index in [9.17, 15) is 0 Å². The zero-order chi connectivity index (χ0) is 10.9. The van der Waals surface area contributed by atoms with Gasteiger partial charge in [0.15, 0.2) is 0 Å². The van der Waals surface area contributed by atoms with Crippen LogP contribution in [-0.2, 0) is 9.47 Å². The van der Waals surface area contributed by atoms with E-state index in [1.165, 1.54) is 5.30 Å². The van der Waals surface area contributed by atoms with Crippen LogP contribution in [0.15, 0.2) is 30.3 Å². The Morgan fingerprint density at radius 2 is 1.47 bits per heavy atom. The van der Waals surface area contributed by atoms with E-state index in [0.29, 0.717) is 0 Å². The van der Waals surface area contributed by atoms with E-state index in [0.717, 1.165) is 25.5 Å². The highest BCUT2D eigenvalue weighted by atomic mass is 31.1. The first-order valence-electron chi connectivity index (χ1n) is 5.16. The number of methoxy groups -OCH3 is 2. The Labute approximate surface area is 93.3 Å². The molecule has 0 unspecified atom stereocenters. The molecule has 0 N–H and O–H groups in total. The standard InChI is InChI=1S/C12H19O2P/c1-13-8-10-15(11-9-14-2)12-6-4-3-5-7-12/h3-7H,8-11H2,1-2H3. The van der Waals surface area contributed by atoms with Crippen LogP contribution in [-0.4, -0.2) is 39.8 Å². The SMILES string of the molecule is COCCP(CCOC)c1ccccc1. The van der Waals surface area contributed by atoms with Gasteiger partial charge in [-0.3, -0.25) is 0 Å². The molecule has 0 bridgehead atoms. The molecular weight excluding hydrogens is 207 g/mol. The van der Waals surface area contributed by atoms with Crippen molar-refractivity contribution < 1.29 is 9.47 Å². The summed E-state index contributed by atoms with van der Waals surface area (Å²) in [5, 5.41) is 1.45. The molecule has 0 fully saturated rings. The van der Waals surface area contributed by atoms with Crippen LogP contribution in [0.4, 0.5) is 0 Å². The van der Waals surface area contributed by atoms with Gasteiger partial charge in [-0.1, -0.05) is 38.3 Å². The molecule has 84 valence electrons. The Kier molecular flexibility index (Phi) is 6.58. The lowest BCUT2D eigenvalue weighted by atomic mass is 10.4. The summed E-state index contributed by atoms with van der Waals surface area (Å²) in [5.74, 6) is 0. The Hall–Kier alpha value is -0.430. The Bertz CT molecular complexity index is 243. The minimum Gasteiger partial charge on any atom is -0.384 e. The number of rotatable bonds is 7. The van der Waals surface area contributed by atoms with Gasteiger partial charge >= 0.3 is 0 Å². The summed E-state index contributed by atoms with van der Waals surface area (Å²) in [6, 6.07) is 10.7. The fraction of sp³-hybridized carbons (Fsp3) is 0.500. The summed E-state index contributed by atoms with van der Waals surface area (Å²) in [4.78, 5) is 0. The van der Waals surface area contributed by atoms with E-state index in [-0.39, 0.29) is 7.92 Å². The summed E-state index contributed by atoms with van der Waals surface area (Å²) >= 11 is 0. The minimum atomic E-state index is -0.118. The second kappa shape index (κ2) is 7.81. The Morgan fingerprint density at radius 3 is 1.93 bits per heavy atom. The molecule has 0 aliphatic heterocycles. The normalized spacial score (nSPS) is 10.9. The third-order valence-electron chi connectivity index (χ3n) is 2.25. The highest BCUT2D eigenvalue weighted by Crippen LogP contribution is 2.33. The van der Waals surface area contributed by atoms with Gasteiger partial charge in [-0.25, -0.2) is 0 Å². The number of benzene rings is 1. The number of hydrogen-bond acceptors (Lipinski definition) is 2. The van der Waals surface area contributed by atoms with Crippen LogP contribution in [0.25, 0.3) is 0 Å². The Balaban J connectivity index is 2.55. The third-order valence-corrected chi connectivity index (χ3v) is 4.73. The molecule has 2 nitrogen and oxygen atoms in total. The fourth-order valence-corrected chi connectivity index (χ4v) is 3.55. The summed E-state index contributed by atoms with van der Waals surface area (Å²) in [7, 11) is 3.40. The third kappa shape index (κ3) is 4.74. The van der Waals surface area contributed by atoms with E-state index in [1.54, 1.807) is 14.2 Å². The quantitative estimate of drug-likeness (QED) is 0.663. The van der Waals surface area contributed by atoms with Crippen molar-refractivity contribution >= 4 is 13.2 Å². The van der Waals surface area contributed by atoms with E-state index < -0.39 is 0 Å². The zero-order valence-electron chi connectivity index (χ0n) is 9.48. The molecular formula is C12H19O2P. The molecule has 0 spiro atoms. The van der Waals surface area contributed by atoms with Crippen LogP contribution >= 0.6 is 7.92 Å². The van der Waals surface area contributed by atoms with Gasteiger partial charge in [0.1, 0.15) is 0 Å². The summed E-state index contributed by atoms with van der Waals surface area (Å²) < 4.78 is 10.3. The lowest BCUT2D eigenvalue weighted by Crippen LogP contribution is -2.11. The molecule has 0 heterocycles. The fourth-order valence-electron chi connectivity index (χ4n) is 1.41. The minimum absolute atomic E-state index is 0.118. The molecule has 0 aromatic heterocycles. The molecule has 1 aromatic rings. The van der Waals surface area contributed by atoms with Gasteiger partial charge in [0.2, 0.25) is 0 Å². The summed E-state index contributed by atoms with van der Waals surface area (Å²) in [6.07, 6.45) is 2.25. The molecule has 0 saturated carbocycles. The van der Waals surface area contributed by atoms with Crippen LogP contribution in [0.3, 0.4) is 0 Å². The van der Waals surface area contributed by atoms with Gasteiger partial charge < -0.3 is 9.47 Å². The van der Waals surface area contributed by atoms with Crippen molar-refractivity contribution in [2.24, 2.45) is 0 Å². The molecule has 0 aliphatic rings. The first-order valence-corrected chi connectivity index (χ1v) is 6.87. The second-order valence-corrected chi connectivity index (χ2v) is 5.80. The zero-order valence-corrected chi connectivity index (χ0v) is 10.4. The number of ether oxygens (including phenoxy) is 2. The summed E-state index contributed by atoms with van der Waals surface area (Å²) in [5.41, 5.74) is 0. The van der Waals surface area contributed by atoms with Gasteiger partial charge in [0.05, 0.1) is 13.2 Å². The van der Waals surface area contributed by atoms with Crippen LogP contribution in [0.2, 0.25) is 0 Å². The van der Waals surface area contributed by atoms with E-state index in [2.05, 4.69) is 30.3 Å².